The van der Waals surface area contributed by atoms with E-state index in [0.29, 0.717) is 23.7 Å². The van der Waals surface area contributed by atoms with Crippen LogP contribution in [0.25, 0.3) is 10.9 Å². The van der Waals surface area contributed by atoms with Crippen molar-refractivity contribution in [2.75, 3.05) is 17.2 Å². The maximum Gasteiger partial charge on any atom is 0.147 e. The van der Waals surface area contributed by atoms with E-state index in [9.17, 15) is 4.39 Å². The molecule has 2 heterocycles. The maximum atomic E-state index is 14.3. The van der Waals surface area contributed by atoms with Gasteiger partial charge in [0.05, 0.1) is 5.52 Å². The molecule has 0 unspecified atom stereocenters. The number of benzene rings is 3. The second-order valence-electron chi connectivity index (χ2n) is 8.77. The lowest BCUT2D eigenvalue weighted by Gasteiger charge is -2.11. The molecule has 5 aromatic rings. The molecule has 3 N–H and O–H groups in total. The zero-order valence-corrected chi connectivity index (χ0v) is 20.5. The van der Waals surface area contributed by atoms with E-state index >= 15 is 0 Å². The van der Waals surface area contributed by atoms with E-state index in [1.807, 2.05) is 87.5 Å². The minimum atomic E-state index is -0.222. The number of aryl methyl sites for hydroxylation is 3. The fourth-order valence-corrected chi connectivity index (χ4v) is 4.37. The number of aromatic amines is 1. The summed E-state index contributed by atoms with van der Waals surface area (Å²) in [5.74, 6) is 3.42. The third-order valence-corrected chi connectivity index (χ3v) is 6.05. The highest BCUT2D eigenvalue weighted by atomic mass is 19.1. The van der Waals surface area contributed by atoms with Crippen molar-refractivity contribution in [3.63, 3.8) is 0 Å². The van der Waals surface area contributed by atoms with E-state index in [1.54, 1.807) is 0 Å². The Hall–Kier alpha value is -4.39. The largest absolute Gasteiger partial charge is 0.457 e. The van der Waals surface area contributed by atoms with E-state index < -0.39 is 0 Å². The Morgan fingerprint density at radius 1 is 0.861 bits per heavy atom. The first-order valence-electron chi connectivity index (χ1n) is 11.9. The van der Waals surface area contributed by atoms with Gasteiger partial charge in [0.25, 0.3) is 0 Å². The molecule has 7 heteroatoms. The van der Waals surface area contributed by atoms with Gasteiger partial charge in [-0.2, -0.15) is 0 Å². The number of H-pyrrole nitrogens is 1. The summed E-state index contributed by atoms with van der Waals surface area (Å²) in [4.78, 5) is 12.2. The lowest BCUT2D eigenvalue weighted by Crippen LogP contribution is -2.09. The first kappa shape index (κ1) is 23.4. The summed E-state index contributed by atoms with van der Waals surface area (Å²) >= 11 is 0. The molecule has 2 aromatic heterocycles. The molecule has 0 saturated carbocycles. The average Bonchev–Trinajstić information content (AvgIpc) is 3.20. The lowest BCUT2D eigenvalue weighted by molar-refractivity contribution is 0.483. The van der Waals surface area contributed by atoms with Gasteiger partial charge in [0.2, 0.25) is 0 Å². The molecule has 6 nitrogen and oxygen atoms in total. The van der Waals surface area contributed by atoms with Crippen molar-refractivity contribution in [1.29, 1.82) is 0 Å². The fourth-order valence-electron chi connectivity index (χ4n) is 4.37. The molecular formula is C29H28FN5O. The summed E-state index contributed by atoms with van der Waals surface area (Å²) in [5, 5.41) is 7.70. The number of hydrogen-bond acceptors (Lipinski definition) is 5. The number of para-hydroxylation sites is 1. The van der Waals surface area contributed by atoms with Crippen molar-refractivity contribution in [3.05, 3.63) is 101 Å². The fraction of sp³-hybridized carbons (Fsp3) is 0.172. The Morgan fingerprint density at radius 2 is 1.58 bits per heavy atom. The number of anilines is 3. The molecule has 3 aromatic carbocycles. The Labute approximate surface area is 209 Å². The average molecular weight is 482 g/mol. The molecule has 0 amide bonds. The van der Waals surface area contributed by atoms with Crippen molar-refractivity contribution in [2.45, 2.75) is 27.2 Å². The molecule has 0 fully saturated rings. The van der Waals surface area contributed by atoms with Crippen LogP contribution in [0.4, 0.5) is 21.7 Å². The number of halogens is 1. The number of ether oxygens (including phenoxy) is 1. The van der Waals surface area contributed by atoms with E-state index in [2.05, 4.69) is 25.6 Å². The van der Waals surface area contributed by atoms with Crippen LogP contribution in [-0.4, -0.2) is 21.5 Å². The highest BCUT2D eigenvalue weighted by Gasteiger charge is 2.14. The van der Waals surface area contributed by atoms with Crippen molar-refractivity contribution >= 4 is 28.2 Å². The number of hydrogen-bond donors (Lipinski definition) is 3. The van der Waals surface area contributed by atoms with Crippen molar-refractivity contribution in [2.24, 2.45) is 0 Å². The monoisotopic (exact) mass is 481 g/mol. The molecule has 0 aliphatic heterocycles. The zero-order chi connectivity index (χ0) is 25.1. The Morgan fingerprint density at radius 3 is 2.36 bits per heavy atom. The number of nitrogens with zero attached hydrogens (tertiary/aromatic N) is 2. The second-order valence-corrected chi connectivity index (χ2v) is 8.77. The third kappa shape index (κ3) is 5.15. The minimum Gasteiger partial charge on any atom is -0.457 e. The SMILES string of the molecule is Cc1nc(NCCc2c(C)[nH]c3c(F)ccc(C)c23)cc(Nc2ccc(Oc3ccccc3)cc2)n1. The Kier molecular flexibility index (Phi) is 6.54. The molecule has 0 spiro atoms. The molecule has 0 bridgehead atoms. The molecule has 0 aliphatic rings. The molecule has 182 valence electrons. The molecule has 0 atom stereocenters. The normalized spacial score (nSPS) is 11.0. The molecule has 0 aliphatic carbocycles. The molecule has 0 saturated heterocycles. The van der Waals surface area contributed by atoms with Gasteiger partial charge < -0.3 is 20.4 Å². The highest BCUT2D eigenvalue weighted by Crippen LogP contribution is 2.28. The van der Waals surface area contributed by atoms with Crippen LogP contribution in [0, 0.1) is 26.6 Å². The summed E-state index contributed by atoms with van der Waals surface area (Å²) in [6.07, 6.45) is 0.741. The summed E-state index contributed by atoms with van der Waals surface area (Å²) in [7, 11) is 0. The third-order valence-electron chi connectivity index (χ3n) is 6.05. The van der Waals surface area contributed by atoms with Gasteiger partial charge in [0.15, 0.2) is 0 Å². The van der Waals surface area contributed by atoms with Gasteiger partial charge in [-0.3, -0.25) is 0 Å². The lowest BCUT2D eigenvalue weighted by atomic mass is 10.0. The van der Waals surface area contributed by atoms with Crippen LogP contribution in [0.2, 0.25) is 0 Å². The minimum absolute atomic E-state index is 0.222. The van der Waals surface area contributed by atoms with Gasteiger partial charge in [-0.25, -0.2) is 14.4 Å². The van der Waals surface area contributed by atoms with Crippen LogP contribution in [0.1, 0.15) is 22.6 Å². The summed E-state index contributed by atoms with van der Waals surface area (Å²) in [6, 6.07) is 22.6. The van der Waals surface area contributed by atoms with Crippen molar-refractivity contribution in [3.8, 4) is 11.5 Å². The van der Waals surface area contributed by atoms with Gasteiger partial charge in [-0.15, -0.1) is 0 Å². The number of rotatable bonds is 8. The molecular weight excluding hydrogens is 453 g/mol. The van der Waals surface area contributed by atoms with Crippen LogP contribution in [0.5, 0.6) is 11.5 Å². The molecule has 0 radical (unpaired) electrons. The summed E-state index contributed by atoms with van der Waals surface area (Å²) in [6.45, 7) is 6.52. The highest BCUT2D eigenvalue weighted by molar-refractivity contribution is 5.88. The van der Waals surface area contributed by atoms with Crippen LogP contribution in [-0.2, 0) is 6.42 Å². The van der Waals surface area contributed by atoms with Gasteiger partial charge in [-0.05, 0) is 80.8 Å². The summed E-state index contributed by atoms with van der Waals surface area (Å²) in [5.41, 5.74) is 4.64. The van der Waals surface area contributed by atoms with Crippen molar-refractivity contribution in [1.82, 2.24) is 15.0 Å². The predicted molar refractivity (Wildman–Crippen MR) is 143 cm³/mol. The maximum absolute atomic E-state index is 14.3. The summed E-state index contributed by atoms with van der Waals surface area (Å²) < 4.78 is 20.1. The smallest absolute Gasteiger partial charge is 0.147 e. The van der Waals surface area contributed by atoms with Crippen LogP contribution >= 0.6 is 0 Å². The van der Waals surface area contributed by atoms with Gasteiger partial charge in [0, 0.05) is 29.4 Å². The molecule has 36 heavy (non-hydrogen) atoms. The van der Waals surface area contributed by atoms with Gasteiger partial charge >= 0.3 is 0 Å². The van der Waals surface area contributed by atoms with E-state index in [0.717, 1.165) is 51.6 Å². The van der Waals surface area contributed by atoms with E-state index in [-0.39, 0.29) is 5.82 Å². The van der Waals surface area contributed by atoms with Gasteiger partial charge in [0.1, 0.15) is 34.8 Å². The quantitative estimate of drug-likeness (QED) is 0.218. The molecule has 5 rings (SSSR count). The van der Waals surface area contributed by atoms with Gasteiger partial charge in [-0.1, -0.05) is 24.3 Å². The second kappa shape index (κ2) is 10.1. The van der Waals surface area contributed by atoms with Crippen LogP contribution in [0.15, 0.2) is 72.8 Å². The van der Waals surface area contributed by atoms with E-state index in [4.69, 9.17) is 4.74 Å². The standard InChI is InChI=1S/C29H28FN5O/c1-18-9-14-25(30)29-28(18)24(19(2)32-29)15-16-31-26-17-27(34-20(3)33-26)35-21-10-12-23(13-11-21)36-22-7-5-4-6-8-22/h4-14,17,32H,15-16H2,1-3H3,(H2,31,33,34,35). The first-order chi connectivity index (χ1) is 17.5. The number of aromatic nitrogens is 3. The van der Waals surface area contributed by atoms with Crippen LogP contribution in [0.3, 0.4) is 0 Å². The predicted octanol–water partition coefficient (Wildman–Crippen LogP) is 7.21. The Bertz CT molecular complexity index is 1500. The topological polar surface area (TPSA) is 74.9 Å². The Balaban J connectivity index is 1.24. The van der Waals surface area contributed by atoms with E-state index in [1.165, 1.54) is 6.07 Å². The van der Waals surface area contributed by atoms with Crippen LogP contribution < -0.4 is 15.4 Å². The first-order valence-corrected chi connectivity index (χ1v) is 11.9. The van der Waals surface area contributed by atoms with Crippen molar-refractivity contribution < 1.29 is 9.13 Å². The number of nitrogens with one attached hydrogen (secondary N) is 3. The number of fused-ring (bicyclic) bond motifs is 1. The zero-order valence-electron chi connectivity index (χ0n) is 20.5.